The van der Waals surface area contributed by atoms with Gasteiger partial charge in [-0.15, -0.1) is 11.8 Å². The highest BCUT2D eigenvalue weighted by molar-refractivity contribution is 7.98. The fraction of sp³-hybridized carbons (Fsp3) is 0.545. The molecule has 0 aliphatic heterocycles. The number of methoxy groups -OCH3 is 2. The zero-order valence-corrected chi connectivity index (χ0v) is 21.3. The monoisotopic (exact) mass is 467 g/mol. The molecule has 0 radical (unpaired) electrons. The first-order valence-corrected chi connectivity index (χ1v) is 11.9. The maximum absolute atomic E-state index is 6.52. The first-order chi connectivity index (χ1) is 14.7. The van der Waals surface area contributed by atoms with Crippen LogP contribution in [0.1, 0.15) is 27.7 Å². The van der Waals surface area contributed by atoms with Crippen LogP contribution >= 0.6 is 23.4 Å². The third kappa shape index (κ3) is 6.30. The lowest BCUT2D eigenvalue weighted by molar-refractivity contribution is 0.182. The van der Waals surface area contributed by atoms with Crippen LogP contribution in [0.2, 0.25) is 5.15 Å². The van der Waals surface area contributed by atoms with Gasteiger partial charge in [0.25, 0.3) is 0 Å². The van der Waals surface area contributed by atoms with Gasteiger partial charge in [0.15, 0.2) is 11.5 Å². The second kappa shape index (κ2) is 11.6. The Morgan fingerprint density at radius 3 is 2.26 bits per heavy atom. The predicted octanol–water partition coefficient (Wildman–Crippen LogP) is 5.17. The number of nitrogens with one attached hydrogen (secondary N) is 1. The molecule has 1 N–H and O–H groups in total. The molecular weight excluding hydrogens is 434 g/mol. The Morgan fingerprint density at radius 2 is 1.71 bits per heavy atom. The van der Waals surface area contributed by atoms with Gasteiger partial charge >= 0.3 is 0 Å². The van der Waals surface area contributed by atoms with Gasteiger partial charge in [-0.05, 0) is 46.1 Å². The Morgan fingerprint density at radius 1 is 1.06 bits per heavy atom. The summed E-state index contributed by atoms with van der Waals surface area (Å²) in [5, 5.41) is 3.89. The van der Waals surface area contributed by atoms with E-state index in [4.69, 9.17) is 26.1 Å². The molecule has 0 fully saturated rings. The summed E-state index contributed by atoms with van der Waals surface area (Å²) in [6.45, 7) is 10.5. The Bertz CT molecular complexity index is 858. The summed E-state index contributed by atoms with van der Waals surface area (Å²) >= 11 is 8.05. The molecule has 0 aliphatic carbocycles. The minimum absolute atomic E-state index is 0.428. The van der Waals surface area contributed by atoms with Gasteiger partial charge in [-0.1, -0.05) is 11.6 Å². The molecule has 1 heterocycles. The van der Waals surface area contributed by atoms with Gasteiger partial charge in [0.2, 0.25) is 5.95 Å². The number of nitrogens with zero attached hydrogens (tertiary/aromatic N) is 4. The summed E-state index contributed by atoms with van der Waals surface area (Å²) in [7, 11) is 5.12. The number of ether oxygens (including phenoxy) is 2. The standard InChI is InChI=1S/C22H34ClN5O2S/c1-14(2)28(15(3)4)12-11-24-21-19(31-8)20(23)25-22(26-21)27(5)16-9-10-17(29-6)18(13-16)30-7/h9-10,13-15H,11-12H2,1-8H3,(H,24,25,26). The van der Waals surface area contributed by atoms with E-state index in [1.807, 2.05) is 36.4 Å². The second-order valence-corrected chi connectivity index (χ2v) is 8.82. The van der Waals surface area contributed by atoms with E-state index < -0.39 is 0 Å². The lowest BCUT2D eigenvalue weighted by Crippen LogP contribution is -2.40. The zero-order valence-electron chi connectivity index (χ0n) is 19.7. The molecule has 0 saturated carbocycles. The molecule has 0 unspecified atom stereocenters. The van der Waals surface area contributed by atoms with Gasteiger partial charge in [-0.25, -0.2) is 0 Å². The third-order valence-corrected chi connectivity index (χ3v) is 6.24. The topological polar surface area (TPSA) is 62.8 Å². The maximum Gasteiger partial charge on any atom is 0.233 e. The average Bonchev–Trinajstić information content (AvgIpc) is 2.74. The van der Waals surface area contributed by atoms with Gasteiger partial charge in [-0.2, -0.15) is 9.97 Å². The quantitative estimate of drug-likeness (QED) is 0.359. The summed E-state index contributed by atoms with van der Waals surface area (Å²) in [5.74, 6) is 2.54. The maximum atomic E-state index is 6.52. The average molecular weight is 468 g/mol. The molecule has 2 rings (SSSR count). The molecule has 0 spiro atoms. The van der Waals surface area contributed by atoms with Gasteiger partial charge in [-0.3, -0.25) is 4.90 Å². The first-order valence-electron chi connectivity index (χ1n) is 10.3. The van der Waals surface area contributed by atoms with E-state index in [1.165, 1.54) is 11.8 Å². The molecular formula is C22H34ClN5O2S. The van der Waals surface area contributed by atoms with E-state index in [-0.39, 0.29) is 0 Å². The van der Waals surface area contributed by atoms with Crippen molar-refractivity contribution in [3.05, 3.63) is 23.4 Å². The molecule has 31 heavy (non-hydrogen) atoms. The van der Waals surface area contributed by atoms with E-state index in [0.717, 1.165) is 29.5 Å². The second-order valence-electron chi connectivity index (χ2n) is 7.65. The summed E-state index contributed by atoms with van der Waals surface area (Å²) in [4.78, 5) is 14.4. The van der Waals surface area contributed by atoms with Gasteiger partial charge in [0.05, 0.1) is 19.1 Å². The van der Waals surface area contributed by atoms with Crippen molar-refractivity contribution in [1.29, 1.82) is 0 Å². The molecule has 7 nitrogen and oxygen atoms in total. The summed E-state index contributed by atoms with van der Waals surface area (Å²) in [6, 6.07) is 6.62. The van der Waals surface area contributed by atoms with Crippen LogP contribution in [-0.4, -0.2) is 67.6 Å². The van der Waals surface area contributed by atoms with Crippen LogP contribution in [0, 0.1) is 0 Å². The van der Waals surface area contributed by atoms with Crippen molar-refractivity contribution < 1.29 is 9.47 Å². The van der Waals surface area contributed by atoms with Gasteiger partial charge < -0.3 is 19.7 Å². The Hall–Kier alpha value is -1.90. The van der Waals surface area contributed by atoms with Crippen molar-refractivity contribution in [3.63, 3.8) is 0 Å². The molecule has 1 aromatic heterocycles. The Balaban J connectivity index is 2.29. The van der Waals surface area contributed by atoms with Crippen LogP contribution in [0.3, 0.4) is 0 Å². The summed E-state index contributed by atoms with van der Waals surface area (Å²) in [6.07, 6.45) is 1.97. The molecule has 0 atom stereocenters. The van der Waals surface area contributed by atoms with Crippen molar-refractivity contribution >= 4 is 40.8 Å². The van der Waals surface area contributed by atoms with E-state index >= 15 is 0 Å². The molecule has 172 valence electrons. The number of benzene rings is 1. The number of hydrogen-bond acceptors (Lipinski definition) is 8. The smallest absolute Gasteiger partial charge is 0.233 e. The first kappa shape index (κ1) is 25.4. The van der Waals surface area contributed by atoms with E-state index in [0.29, 0.717) is 34.7 Å². The highest BCUT2D eigenvalue weighted by atomic mass is 35.5. The fourth-order valence-electron chi connectivity index (χ4n) is 3.43. The van der Waals surface area contributed by atoms with Gasteiger partial charge in [0, 0.05) is 44.0 Å². The van der Waals surface area contributed by atoms with Crippen molar-refractivity contribution in [3.8, 4) is 11.5 Å². The molecule has 2 aromatic rings. The van der Waals surface area contributed by atoms with Crippen LogP contribution in [0.25, 0.3) is 0 Å². The number of rotatable bonds is 11. The number of hydrogen-bond donors (Lipinski definition) is 1. The highest BCUT2D eigenvalue weighted by Gasteiger charge is 2.18. The Labute approximate surface area is 195 Å². The van der Waals surface area contributed by atoms with Crippen molar-refractivity contribution in [2.75, 3.05) is 50.8 Å². The minimum Gasteiger partial charge on any atom is -0.493 e. The lowest BCUT2D eigenvalue weighted by Gasteiger charge is -2.30. The number of halogens is 1. The van der Waals surface area contributed by atoms with Gasteiger partial charge in [0.1, 0.15) is 11.0 Å². The van der Waals surface area contributed by atoms with Crippen molar-refractivity contribution in [1.82, 2.24) is 14.9 Å². The molecule has 0 bridgehead atoms. The largest absolute Gasteiger partial charge is 0.493 e. The normalized spacial score (nSPS) is 11.4. The number of aromatic nitrogens is 2. The van der Waals surface area contributed by atoms with E-state index in [9.17, 15) is 0 Å². The van der Waals surface area contributed by atoms with E-state index in [2.05, 4.69) is 42.9 Å². The SMILES string of the molecule is COc1ccc(N(C)c2nc(Cl)c(SC)c(NCCN(C(C)C)C(C)C)n2)cc1OC. The molecule has 0 saturated heterocycles. The predicted molar refractivity (Wildman–Crippen MR) is 132 cm³/mol. The third-order valence-electron chi connectivity index (χ3n) is 5.06. The zero-order chi connectivity index (χ0) is 23.1. The summed E-state index contributed by atoms with van der Waals surface area (Å²) in [5.41, 5.74) is 0.863. The fourth-order valence-corrected chi connectivity index (χ4v) is 4.35. The minimum atomic E-state index is 0.428. The van der Waals surface area contributed by atoms with Crippen molar-refractivity contribution in [2.24, 2.45) is 0 Å². The highest BCUT2D eigenvalue weighted by Crippen LogP contribution is 2.36. The van der Waals surface area contributed by atoms with E-state index in [1.54, 1.807) is 14.2 Å². The van der Waals surface area contributed by atoms with Crippen LogP contribution in [-0.2, 0) is 0 Å². The van der Waals surface area contributed by atoms with Crippen LogP contribution in [0.5, 0.6) is 11.5 Å². The van der Waals surface area contributed by atoms with Crippen LogP contribution < -0.4 is 19.7 Å². The lowest BCUT2D eigenvalue weighted by atomic mass is 10.2. The van der Waals surface area contributed by atoms with Crippen molar-refractivity contribution in [2.45, 2.75) is 44.7 Å². The molecule has 0 aliphatic rings. The number of thioether (sulfide) groups is 1. The van der Waals surface area contributed by atoms with Crippen LogP contribution in [0.15, 0.2) is 23.1 Å². The molecule has 0 amide bonds. The Kier molecular flexibility index (Phi) is 9.53. The van der Waals surface area contributed by atoms with Crippen LogP contribution in [0.4, 0.5) is 17.5 Å². The summed E-state index contributed by atoms with van der Waals surface area (Å²) < 4.78 is 10.8. The number of anilines is 3. The molecule has 9 heteroatoms. The molecule has 1 aromatic carbocycles.